The summed E-state index contributed by atoms with van der Waals surface area (Å²) in [7, 11) is 0. The van der Waals surface area contributed by atoms with Crippen molar-refractivity contribution in [3.05, 3.63) is 35.9 Å². The van der Waals surface area contributed by atoms with Gasteiger partial charge < -0.3 is 14.6 Å². The molecule has 1 aliphatic heterocycles. The molecule has 1 saturated heterocycles. The molecule has 0 unspecified atom stereocenters. The molecule has 2 atom stereocenters. The number of rotatable bonds is 1. The number of aliphatic hydroxyl groups excluding tert-OH is 1. The molecule has 92 valence electrons. The van der Waals surface area contributed by atoms with Crippen LogP contribution >= 0.6 is 0 Å². The van der Waals surface area contributed by atoms with Gasteiger partial charge in [0, 0.05) is 18.8 Å². The van der Waals surface area contributed by atoms with Gasteiger partial charge in [0.1, 0.15) is 0 Å². The van der Waals surface area contributed by atoms with Gasteiger partial charge in [0.15, 0.2) is 5.79 Å². The quantitative estimate of drug-likeness (QED) is 0.808. The third-order valence-electron chi connectivity index (χ3n) is 3.86. The predicted molar refractivity (Wildman–Crippen MR) is 63.7 cm³/mol. The van der Waals surface area contributed by atoms with Crippen LogP contribution in [0.2, 0.25) is 0 Å². The predicted octanol–water partition coefficient (Wildman–Crippen LogP) is 2.06. The summed E-state index contributed by atoms with van der Waals surface area (Å²) in [6.45, 7) is 1.31. The molecule has 1 aromatic carbocycles. The van der Waals surface area contributed by atoms with Crippen molar-refractivity contribution in [1.29, 1.82) is 0 Å². The minimum atomic E-state index is -0.495. The van der Waals surface area contributed by atoms with Gasteiger partial charge in [0.25, 0.3) is 0 Å². The van der Waals surface area contributed by atoms with Gasteiger partial charge in [0.2, 0.25) is 0 Å². The van der Waals surface area contributed by atoms with Crippen molar-refractivity contribution in [1.82, 2.24) is 0 Å². The molecule has 1 saturated carbocycles. The van der Waals surface area contributed by atoms with E-state index in [0.29, 0.717) is 19.6 Å². The van der Waals surface area contributed by atoms with Crippen LogP contribution in [-0.2, 0) is 9.47 Å². The van der Waals surface area contributed by atoms with E-state index >= 15 is 0 Å². The van der Waals surface area contributed by atoms with Gasteiger partial charge >= 0.3 is 0 Å². The smallest absolute Gasteiger partial charge is 0.171 e. The monoisotopic (exact) mass is 234 g/mol. The molecule has 0 radical (unpaired) electrons. The second kappa shape index (κ2) is 4.41. The van der Waals surface area contributed by atoms with E-state index in [1.807, 2.05) is 18.2 Å². The number of hydrogen-bond acceptors (Lipinski definition) is 3. The number of aliphatic hydroxyl groups is 1. The zero-order valence-corrected chi connectivity index (χ0v) is 9.84. The normalized spacial score (nSPS) is 31.8. The molecule has 0 amide bonds. The molecule has 0 bridgehead atoms. The lowest BCUT2D eigenvalue weighted by atomic mass is 9.79. The Morgan fingerprint density at radius 3 is 2.47 bits per heavy atom. The summed E-state index contributed by atoms with van der Waals surface area (Å²) in [5.74, 6) is -0.278. The Kier molecular flexibility index (Phi) is 2.90. The highest BCUT2D eigenvalue weighted by atomic mass is 16.7. The van der Waals surface area contributed by atoms with Crippen LogP contribution in [0.5, 0.6) is 0 Å². The van der Waals surface area contributed by atoms with Crippen LogP contribution in [0.25, 0.3) is 0 Å². The summed E-state index contributed by atoms with van der Waals surface area (Å²) in [6.07, 6.45) is 2.02. The van der Waals surface area contributed by atoms with Gasteiger partial charge in [-0.2, -0.15) is 0 Å². The molecule has 2 fully saturated rings. The Bertz CT molecular complexity index is 370. The largest absolute Gasteiger partial charge is 0.392 e. The van der Waals surface area contributed by atoms with Crippen molar-refractivity contribution >= 4 is 0 Å². The third kappa shape index (κ3) is 2.10. The van der Waals surface area contributed by atoms with E-state index in [0.717, 1.165) is 12.8 Å². The summed E-state index contributed by atoms with van der Waals surface area (Å²) in [6, 6.07) is 10.2. The summed E-state index contributed by atoms with van der Waals surface area (Å²) < 4.78 is 11.3. The lowest BCUT2D eigenvalue weighted by Crippen LogP contribution is -2.42. The van der Waals surface area contributed by atoms with E-state index in [1.165, 1.54) is 5.56 Å². The summed E-state index contributed by atoms with van der Waals surface area (Å²) in [5.41, 5.74) is 1.22. The average molecular weight is 234 g/mol. The molecule has 2 aliphatic rings. The molecular formula is C14H18O3. The van der Waals surface area contributed by atoms with E-state index < -0.39 is 5.79 Å². The summed E-state index contributed by atoms with van der Waals surface area (Å²) >= 11 is 0. The molecule has 0 aromatic heterocycles. The first-order valence-electron chi connectivity index (χ1n) is 6.30. The van der Waals surface area contributed by atoms with Crippen molar-refractivity contribution in [2.45, 2.75) is 37.1 Å². The summed E-state index contributed by atoms with van der Waals surface area (Å²) in [4.78, 5) is 0. The fourth-order valence-electron chi connectivity index (χ4n) is 2.98. The molecule has 1 spiro atoms. The molecule has 17 heavy (non-hydrogen) atoms. The Labute approximate surface area is 101 Å². The maximum Gasteiger partial charge on any atom is 0.171 e. The highest BCUT2D eigenvalue weighted by molar-refractivity contribution is 5.21. The first-order chi connectivity index (χ1) is 8.29. The van der Waals surface area contributed by atoms with Gasteiger partial charge in [-0.05, 0) is 12.0 Å². The van der Waals surface area contributed by atoms with Crippen LogP contribution in [0.4, 0.5) is 0 Å². The second-order valence-electron chi connectivity index (χ2n) is 4.93. The minimum absolute atomic E-state index is 0.217. The molecule has 1 aromatic rings. The van der Waals surface area contributed by atoms with Crippen LogP contribution in [0.15, 0.2) is 30.3 Å². The maximum atomic E-state index is 10.3. The van der Waals surface area contributed by atoms with E-state index in [2.05, 4.69) is 12.1 Å². The first-order valence-corrected chi connectivity index (χ1v) is 6.30. The lowest BCUT2D eigenvalue weighted by Gasteiger charge is -2.38. The Morgan fingerprint density at radius 2 is 1.82 bits per heavy atom. The van der Waals surface area contributed by atoms with Gasteiger partial charge in [-0.15, -0.1) is 0 Å². The Balaban J connectivity index is 1.74. The highest BCUT2D eigenvalue weighted by Crippen LogP contribution is 2.42. The van der Waals surface area contributed by atoms with E-state index in [1.54, 1.807) is 0 Å². The van der Waals surface area contributed by atoms with Crippen LogP contribution in [0, 0.1) is 0 Å². The van der Waals surface area contributed by atoms with Crippen LogP contribution < -0.4 is 0 Å². The standard InChI is InChI=1S/C14H18O3/c15-13-10-14(16-8-9-17-14)7-6-12(13)11-4-2-1-3-5-11/h1-5,12-13,15H,6-10H2/t12-,13-/m0/s1. The molecule has 1 N–H and O–H groups in total. The fraction of sp³-hybridized carbons (Fsp3) is 0.571. The molecule has 3 heteroatoms. The molecule has 1 heterocycles. The van der Waals surface area contributed by atoms with Crippen molar-refractivity contribution in [2.24, 2.45) is 0 Å². The fourth-order valence-corrected chi connectivity index (χ4v) is 2.98. The number of benzene rings is 1. The Morgan fingerprint density at radius 1 is 1.12 bits per heavy atom. The van der Waals surface area contributed by atoms with Crippen molar-refractivity contribution in [2.75, 3.05) is 13.2 Å². The maximum absolute atomic E-state index is 10.3. The third-order valence-corrected chi connectivity index (χ3v) is 3.86. The van der Waals surface area contributed by atoms with E-state index in [9.17, 15) is 5.11 Å². The van der Waals surface area contributed by atoms with Crippen molar-refractivity contribution in [3.63, 3.8) is 0 Å². The molecule has 1 aliphatic carbocycles. The first kappa shape index (κ1) is 11.2. The topological polar surface area (TPSA) is 38.7 Å². The lowest BCUT2D eigenvalue weighted by molar-refractivity contribution is -0.199. The SMILES string of the molecule is O[C@H]1CC2(CC[C@H]1c1ccccc1)OCCO2. The van der Waals surface area contributed by atoms with Crippen molar-refractivity contribution in [3.8, 4) is 0 Å². The zero-order chi connectivity index (χ0) is 11.7. The van der Waals surface area contributed by atoms with Gasteiger partial charge in [-0.25, -0.2) is 0 Å². The van der Waals surface area contributed by atoms with Crippen LogP contribution in [0.1, 0.15) is 30.7 Å². The van der Waals surface area contributed by atoms with Gasteiger partial charge in [-0.1, -0.05) is 30.3 Å². The van der Waals surface area contributed by atoms with E-state index in [4.69, 9.17) is 9.47 Å². The van der Waals surface area contributed by atoms with Crippen LogP contribution in [0.3, 0.4) is 0 Å². The van der Waals surface area contributed by atoms with Gasteiger partial charge in [-0.3, -0.25) is 0 Å². The average Bonchev–Trinajstić information content (AvgIpc) is 2.79. The molecular weight excluding hydrogens is 216 g/mol. The second-order valence-corrected chi connectivity index (χ2v) is 4.93. The zero-order valence-electron chi connectivity index (χ0n) is 9.84. The minimum Gasteiger partial charge on any atom is -0.392 e. The van der Waals surface area contributed by atoms with Crippen LogP contribution in [-0.4, -0.2) is 30.2 Å². The molecule has 3 nitrogen and oxygen atoms in total. The highest BCUT2D eigenvalue weighted by Gasteiger charge is 2.44. The number of ether oxygens (including phenoxy) is 2. The molecule has 3 rings (SSSR count). The Hall–Kier alpha value is -0.900. The summed E-state index contributed by atoms with van der Waals surface area (Å²) in [5, 5.41) is 10.3. The van der Waals surface area contributed by atoms with E-state index in [-0.39, 0.29) is 12.0 Å². The van der Waals surface area contributed by atoms with Gasteiger partial charge in [0.05, 0.1) is 19.3 Å². The number of hydrogen-bond donors (Lipinski definition) is 1. The van der Waals surface area contributed by atoms with Crippen molar-refractivity contribution < 1.29 is 14.6 Å².